The van der Waals surface area contributed by atoms with Crippen LogP contribution in [0.25, 0.3) is 0 Å². The predicted octanol–water partition coefficient (Wildman–Crippen LogP) is 16.5. The van der Waals surface area contributed by atoms with Crippen LogP contribution in [0.2, 0.25) is 0 Å². The van der Waals surface area contributed by atoms with Gasteiger partial charge in [0.2, 0.25) is 0 Å². The highest BCUT2D eigenvalue weighted by atomic mass is 16.6. The molecule has 59 heavy (non-hydrogen) atoms. The molecule has 0 rings (SSSR count). The maximum absolute atomic E-state index is 12.6. The van der Waals surface area contributed by atoms with E-state index in [-0.39, 0.29) is 31.1 Å². The highest BCUT2D eigenvalue weighted by molar-refractivity contribution is 5.71. The Kier molecular flexibility index (Phi) is 46.4. The Hall–Kier alpha value is -2.37. The Balaban J connectivity index is 3.98. The molecule has 0 spiro atoms. The summed E-state index contributed by atoms with van der Waals surface area (Å²) in [5.41, 5.74) is 0. The van der Waals surface area contributed by atoms with Gasteiger partial charge in [-0.25, -0.2) is 0 Å². The molecule has 6 nitrogen and oxygen atoms in total. The number of allylic oxidation sites excluding steroid dienone is 6. The van der Waals surface area contributed by atoms with Crippen LogP contribution in [-0.4, -0.2) is 37.2 Å². The summed E-state index contributed by atoms with van der Waals surface area (Å²) in [6.45, 7) is 6.55. The first-order chi connectivity index (χ1) is 29.0. The monoisotopic (exact) mass is 829 g/mol. The van der Waals surface area contributed by atoms with Crippen LogP contribution in [0.5, 0.6) is 0 Å². The normalized spacial score (nSPS) is 12.3. The molecule has 0 aromatic rings. The molecule has 0 saturated carbocycles. The molecule has 0 fully saturated rings. The molecular weight excluding hydrogens is 733 g/mol. The highest BCUT2D eigenvalue weighted by Gasteiger charge is 2.19. The van der Waals surface area contributed by atoms with E-state index >= 15 is 0 Å². The maximum atomic E-state index is 12.6. The van der Waals surface area contributed by atoms with Gasteiger partial charge in [0.15, 0.2) is 6.10 Å². The number of carbonyl (C=O) groups is 3. The summed E-state index contributed by atoms with van der Waals surface area (Å²) in [6.07, 6.45) is 56.0. The molecule has 0 aromatic heterocycles. The molecule has 1 unspecified atom stereocenters. The third-order valence-corrected chi connectivity index (χ3v) is 11.1. The summed E-state index contributed by atoms with van der Waals surface area (Å²) in [5, 5.41) is 0. The van der Waals surface area contributed by atoms with E-state index in [4.69, 9.17) is 14.2 Å². The average molecular weight is 829 g/mol. The van der Waals surface area contributed by atoms with Gasteiger partial charge in [-0.3, -0.25) is 14.4 Å². The molecule has 0 amide bonds. The molecular formula is C53H96O6. The lowest BCUT2D eigenvalue weighted by molar-refractivity contribution is -0.167. The molecule has 0 aliphatic carbocycles. The van der Waals surface area contributed by atoms with Gasteiger partial charge in [0.1, 0.15) is 13.2 Å². The first-order valence-corrected chi connectivity index (χ1v) is 25.5. The number of hydrogen-bond acceptors (Lipinski definition) is 6. The molecule has 1 atom stereocenters. The van der Waals surface area contributed by atoms with Crippen LogP contribution in [0.1, 0.15) is 265 Å². The summed E-state index contributed by atoms with van der Waals surface area (Å²) in [7, 11) is 0. The van der Waals surface area contributed by atoms with Gasteiger partial charge in [0.05, 0.1) is 0 Å². The van der Waals surface area contributed by atoms with Gasteiger partial charge < -0.3 is 14.2 Å². The molecule has 0 bridgehead atoms. The van der Waals surface area contributed by atoms with Crippen LogP contribution in [0.3, 0.4) is 0 Å². The largest absolute Gasteiger partial charge is 0.462 e. The fourth-order valence-corrected chi connectivity index (χ4v) is 7.27. The van der Waals surface area contributed by atoms with Crippen LogP contribution in [0.4, 0.5) is 0 Å². The molecule has 0 heterocycles. The van der Waals surface area contributed by atoms with Crippen molar-refractivity contribution >= 4 is 17.9 Å². The lowest BCUT2D eigenvalue weighted by Crippen LogP contribution is -2.30. The first-order valence-electron chi connectivity index (χ1n) is 25.5. The molecule has 0 saturated heterocycles. The Morgan fingerprint density at radius 1 is 0.339 bits per heavy atom. The Morgan fingerprint density at radius 3 is 0.949 bits per heavy atom. The molecule has 0 aliphatic heterocycles. The van der Waals surface area contributed by atoms with Gasteiger partial charge in [0.25, 0.3) is 0 Å². The second kappa shape index (κ2) is 48.3. The van der Waals surface area contributed by atoms with Crippen molar-refractivity contribution in [2.24, 2.45) is 0 Å². The van der Waals surface area contributed by atoms with Gasteiger partial charge >= 0.3 is 17.9 Å². The Labute approximate surface area is 365 Å². The van der Waals surface area contributed by atoms with Crippen molar-refractivity contribution in [1.29, 1.82) is 0 Å². The van der Waals surface area contributed by atoms with E-state index in [1.807, 2.05) is 0 Å². The SMILES string of the molecule is CCCCCCC/C=C\C/C=C\C/C=C\CCCCCCCCCCCCCCC(=O)OCC(COC(=O)CCCCCCCCC)OC(=O)CCCCCCCCC. The van der Waals surface area contributed by atoms with Crippen molar-refractivity contribution < 1.29 is 28.6 Å². The lowest BCUT2D eigenvalue weighted by Gasteiger charge is -2.18. The lowest BCUT2D eigenvalue weighted by atomic mass is 10.0. The number of rotatable bonds is 46. The molecule has 0 radical (unpaired) electrons. The van der Waals surface area contributed by atoms with E-state index < -0.39 is 6.10 Å². The second-order valence-electron chi connectivity index (χ2n) is 17.1. The zero-order valence-corrected chi connectivity index (χ0v) is 39.3. The first kappa shape index (κ1) is 56.6. The van der Waals surface area contributed by atoms with E-state index in [0.717, 1.165) is 70.6 Å². The quantitative estimate of drug-likeness (QED) is 0.0263. The standard InChI is InChI=1S/C53H96O6/c1-4-7-10-13-16-17-18-19-20-21-22-23-24-25-26-27-28-29-30-31-32-33-34-35-38-40-43-46-52(55)58-49-50(59-53(56)47-44-41-37-15-12-9-6-3)48-57-51(54)45-42-39-36-14-11-8-5-2/h18-19,21-22,24-25,50H,4-17,20,23,26-49H2,1-3H3/b19-18-,22-21-,25-24-. The maximum Gasteiger partial charge on any atom is 0.306 e. The van der Waals surface area contributed by atoms with Crippen molar-refractivity contribution in [3.05, 3.63) is 36.5 Å². The number of unbranched alkanes of at least 4 members (excludes halogenated alkanes) is 29. The van der Waals surface area contributed by atoms with Crippen molar-refractivity contribution in [2.45, 2.75) is 271 Å². The van der Waals surface area contributed by atoms with Gasteiger partial charge in [0, 0.05) is 19.3 Å². The minimum atomic E-state index is -0.763. The summed E-state index contributed by atoms with van der Waals surface area (Å²) in [5.74, 6) is -0.880. The zero-order chi connectivity index (χ0) is 43.0. The van der Waals surface area contributed by atoms with E-state index in [2.05, 4.69) is 57.2 Å². The minimum Gasteiger partial charge on any atom is -0.462 e. The van der Waals surface area contributed by atoms with E-state index in [1.165, 1.54) is 154 Å². The van der Waals surface area contributed by atoms with Crippen LogP contribution in [-0.2, 0) is 28.6 Å². The Morgan fingerprint density at radius 2 is 0.610 bits per heavy atom. The predicted molar refractivity (Wildman–Crippen MR) is 252 cm³/mol. The molecule has 6 heteroatoms. The summed E-state index contributed by atoms with van der Waals surface area (Å²) >= 11 is 0. The van der Waals surface area contributed by atoms with Gasteiger partial charge in [-0.05, 0) is 57.8 Å². The minimum absolute atomic E-state index is 0.0702. The fraction of sp³-hybridized carbons (Fsp3) is 0.830. The average Bonchev–Trinajstić information content (AvgIpc) is 3.23. The van der Waals surface area contributed by atoms with Crippen LogP contribution >= 0.6 is 0 Å². The molecule has 0 aromatic carbocycles. The number of hydrogen-bond donors (Lipinski definition) is 0. The Bertz CT molecular complexity index is 1000. The van der Waals surface area contributed by atoms with Crippen LogP contribution in [0, 0.1) is 0 Å². The third-order valence-electron chi connectivity index (χ3n) is 11.1. The highest BCUT2D eigenvalue weighted by Crippen LogP contribution is 2.15. The van der Waals surface area contributed by atoms with Gasteiger partial charge in [-0.2, -0.15) is 0 Å². The van der Waals surface area contributed by atoms with Crippen molar-refractivity contribution in [2.75, 3.05) is 13.2 Å². The number of ether oxygens (including phenoxy) is 3. The second-order valence-corrected chi connectivity index (χ2v) is 17.1. The molecule has 344 valence electrons. The fourth-order valence-electron chi connectivity index (χ4n) is 7.27. The van der Waals surface area contributed by atoms with Crippen LogP contribution in [0.15, 0.2) is 36.5 Å². The summed E-state index contributed by atoms with van der Waals surface area (Å²) in [4.78, 5) is 37.5. The topological polar surface area (TPSA) is 78.9 Å². The molecule has 0 N–H and O–H groups in total. The summed E-state index contributed by atoms with van der Waals surface area (Å²) in [6, 6.07) is 0. The van der Waals surface area contributed by atoms with Crippen molar-refractivity contribution in [3.8, 4) is 0 Å². The number of carbonyl (C=O) groups excluding carboxylic acids is 3. The smallest absolute Gasteiger partial charge is 0.306 e. The molecule has 0 aliphatic rings. The number of esters is 3. The van der Waals surface area contributed by atoms with Crippen molar-refractivity contribution in [1.82, 2.24) is 0 Å². The van der Waals surface area contributed by atoms with Gasteiger partial charge in [-0.1, -0.05) is 224 Å². The van der Waals surface area contributed by atoms with E-state index in [1.54, 1.807) is 0 Å². The van der Waals surface area contributed by atoms with Gasteiger partial charge in [-0.15, -0.1) is 0 Å². The van der Waals surface area contributed by atoms with E-state index in [0.29, 0.717) is 19.3 Å². The van der Waals surface area contributed by atoms with Crippen LogP contribution < -0.4 is 0 Å². The van der Waals surface area contributed by atoms with Crippen molar-refractivity contribution in [3.63, 3.8) is 0 Å². The summed E-state index contributed by atoms with van der Waals surface area (Å²) < 4.78 is 16.6. The zero-order valence-electron chi connectivity index (χ0n) is 39.3. The van der Waals surface area contributed by atoms with E-state index in [9.17, 15) is 14.4 Å². The third kappa shape index (κ3) is 46.5.